The first-order chi connectivity index (χ1) is 7.52. The number of nitrogens with two attached hydrogens (primary N) is 1. The van der Waals surface area contributed by atoms with Crippen LogP contribution in [0.2, 0.25) is 0 Å². The van der Waals surface area contributed by atoms with Crippen LogP contribution in [0.5, 0.6) is 0 Å². The van der Waals surface area contributed by atoms with Crippen LogP contribution in [0.3, 0.4) is 0 Å². The second kappa shape index (κ2) is 5.11. The third-order valence-electron chi connectivity index (χ3n) is 2.04. The molecule has 0 aliphatic rings. The molecule has 1 aromatic rings. The molecule has 0 aliphatic carbocycles. The Labute approximate surface area is 92.7 Å². The number of aromatic nitrogens is 1. The molecule has 0 radical (unpaired) electrons. The van der Waals surface area contributed by atoms with Gasteiger partial charge in [0.05, 0.1) is 6.42 Å². The molecule has 0 saturated heterocycles. The van der Waals surface area contributed by atoms with Crippen LogP contribution in [0.4, 0.5) is 10.6 Å². The average molecular weight is 223 g/mol. The number of pyridine rings is 1. The summed E-state index contributed by atoms with van der Waals surface area (Å²) in [6.07, 6.45) is 1.33. The molecule has 6 heteroatoms. The summed E-state index contributed by atoms with van der Waals surface area (Å²) >= 11 is 0. The molecule has 1 rings (SSSR count). The Morgan fingerprint density at radius 3 is 2.69 bits per heavy atom. The summed E-state index contributed by atoms with van der Waals surface area (Å²) in [5.41, 5.74) is 5.20. The van der Waals surface area contributed by atoms with Gasteiger partial charge in [0.25, 0.3) is 0 Å². The van der Waals surface area contributed by atoms with Gasteiger partial charge in [-0.05, 0) is 19.1 Å². The molecule has 6 nitrogen and oxygen atoms in total. The summed E-state index contributed by atoms with van der Waals surface area (Å²) < 4.78 is 0. The van der Waals surface area contributed by atoms with Crippen molar-refractivity contribution >= 4 is 17.8 Å². The van der Waals surface area contributed by atoms with Gasteiger partial charge in [0.2, 0.25) is 0 Å². The van der Waals surface area contributed by atoms with Crippen LogP contribution in [-0.4, -0.2) is 28.1 Å². The van der Waals surface area contributed by atoms with E-state index in [4.69, 9.17) is 10.8 Å². The molecule has 0 aromatic carbocycles. The van der Waals surface area contributed by atoms with Crippen molar-refractivity contribution in [3.8, 4) is 0 Å². The molecular formula is C10H13N3O3. The molecular weight excluding hydrogens is 210 g/mol. The van der Waals surface area contributed by atoms with Crippen molar-refractivity contribution < 1.29 is 14.7 Å². The van der Waals surface area contributed by atoms with Crippen LogP contribution in [-0.2, 0) is 4.79 Å². The fraction of sp³-hybridized carbons (Fsp3) is 0.300. The van der Waals surface area contributed by atoms with Crippen molar-refractivity contribution in [3.63, 3.8) is 0 Å². The summed E-state index contributed by atoms with van der Waals surface area (Å²) in [6.45, 7) is 1.60. The predicted molar refractivity (Wildman–Crippen MR) is 58.0 cm³/mol. The van der Waals surface area contributed by atoms with Crippen molar-refractivity contribution in [3.05, 3.63) is 24.4 Å². The lowest BCUT2D eigenvalue weighted by Gasteiger charge is -2.25. The minimum absolute atomic E-state index is 0.181. The van der Waals surface area contributed by atoms with Crippen LogP contribution in [0.25, 0.3) is 0 Å². The summed E-state index contributed by atoms with van der Waals surface area (Å²) in [7, 11) is 0. The monoisotopic (exact) mass is 223 g/mol. The van der Waals surface area contributed by atoms with Gasteiger partial charge in [0.15, 0.2) is 0 Å². The predicted octanol–water partition coefficient (Wildman–Crippen LogP) is 0.830. The molecule has 1 heterocycles. The molecule has 3 N–H and O–H groups in total. The molecule has 2 amide bonds. The van der Waals surface area contributed by atoms with Crippen molar-refractivity contribution in [1.82, 2.24) is 4.98 Å². The van der Waals surface area contributed by atoms with Crippen molar-refractivity contribution in [2.24, 2.45) is 5.73 Å². The number of primary amides is 1. The maximum atomic E-state index is 11.2. The number of hydrogen-bond acceptors (Lipinski definition) is 3. The van der Waals surface area contributed by atoms with Crippen molar-refractivity contribution in [2.45, 2.75) is 19.4 Å². The maximum absolute atomic E-state index is 11.2. The number of carboxylic acid groups (broad SMARTS) is 1. The Morgan fingerprint density at radius 2 is 2.25 bits per heavy atom. The zero-order chi connectivity index (χ0) is 12.1. The van der Waals surface area contributed by atoms with E-state index in [1.807, 2.05) is 0 Å². The fourth-order valence-corrected chi connectivity index (χ4v) is 1.40. The number of amides is 2. The highest BCUT2D eigenvalue weighted by Crippen LogP contribution is 2.14. The van der Waals surface area contributed by atoms with Crippen LogP contribution in [0.15, 0.2) is 24.4 Å². The van der Waals surface area contributed by atoms with Gasteiger partial charge in [-0.3, -0.25) is 9.69 Å². The number of urea groups is 1. The summed E-state index contributed by atoms with van der Waals surface area (Å²) in [4.78, 5) is 26.9. The maximum Gasteiger partial charge on any atom is 0.320 e. The van der Waals surface area contributed by atoms with Gasteiger partial charge in [-0.1, -0.05) is 6.07 Å². The Hall–Kier alpha value is -2.11. The Balaban J connectivity index is 2.92. The number of hydrogen-bond donors (Lipinski definition) is 2. The fourth-order valence-electron chi connectivity index (χ4n) is 1.40. The van der Waals surface area contributed by atoms with Gasteiger partial charge in [0, 0.05) is 12.2 Å². The number of nitrogens with zero attached hydrogens (tertiary/aromatic N) is 2. The highest BCUT2D eigenvalue weighted by atomic mass is 16.4. The number of aliphatic carboxylic acids is 1. The van der Waals surface area contributed by atoms with Gasteiger partial charge in [-0.15, -0.1) is 0 Å². The Kier molecular flexibility index (Phi) is 3.82. The van der Waals surface area contributed by atoms with E-state index >= 15 is 0 Å². The smallest absolute Gasteiger partial charge is 0.320 e. The molecule has 16 heavy (non-hydrogen) atoms. The highest BCUT2D eigenvalue weighted by molar-refractivity contribution is 5.90. The van der Waals surface area contributed by atoms with E-state index in [2.05, 4.69) is 4.98 Å². The van der Waals surface area contributed by atoms with E-state index in [-0.39, 0.29) is 6.42 Å². The van der Waals surface area contributed by atoms with Crippen molar-refractivity contribution in [1.29, 1.82) is 0 Å². The van der Waals surface area contributed by atoms with E-state index < -0.39 is 18.0 Å². The third kappa shape index (κ3) is 2.94. The molecule has 0 aliphatic heterocycles. The first-order valence-corrected chi connectivity index (χ1v) is 4.74. The molecule has 0 spiro atoms. The number of carboxylic acids is 1. The number of anilines is 1. The largest absolute Gasteiger partial charge is 0.481 e. The van der Waals surface area contributed by atoms with Crippen molar-refractivity contribution in [2.75, 3.05) is 4.90 Å². The zero-order valence-corrected chi connectivity index (χ0v) is 8.83. The number of rotatable bonds is 4. The quantitative estimate of drug-likeness (QED) is 0.790. The minimum Gasteiger partial charge on any atom is -0.481 e. The van der Waals surface area contributed by atoms with Gasteiger partial charge in [-0.25, -0.2) is 9.78 Å². The van der Waals surface area contributed by atoms with E-state index in [1.165, 1.54) is 6.20 Å². The standard InChI is InChI=1S/C10H13N3O3/c1-7(6-9(14)15)13(10(11)16)8-4-2-3-5-12-8/h2-5,7H,6H2,1H3,(H2,11,16)(H,14,15). The SMILES string of the molecule is CC(CC(=O)O)N(C(N)=O)c1ccccn1. The van der Waals surface area contributed by atoms with Crippen LogP contribution in [0.1, 0.15) is 13.3 Å². The lowest BCUT2D eigenvalue weighted by atomic mass is 10.2. The molecule has 0 fully saturated rings. The summed E-state index contributed by atoms with van der Waals surface area (Å²) in [5, 5.41) is 8.66. The third-order valence-corrected chi connectivity index (χ3v) is 2.04. The highest BCUT2D eigenvalue weighted by Gasteiger charge is 2.22. The van der Waals surface area contributed by atoms with E-state index in [1.54, 1.807) is 25.1 Å². The molecule has 86 valence electrons. The molecule has 1 atom stereocenters. The van der Waals surface area contributed by atoms with Crippen LogP contribution >= 0.6 is 0 Å². The second-order valence-electron chi connectivity index (χ2n) is 3.34. The normalized spacial score (nSPS) is 11.8. The van der Waals surface area contributed by atoms with E-state index in [9.17, 15) is 9.59 Å². The first kappa shape index (κ1) is 12.0. The molecule has 1 aromatic heterocycles. The van der Waals surface area contributed by atoms with E-state index in [0.717, 1.165) is 4.90 Å². The summed E-state index contributed by atoms with van der Waals surface area (Å²) in [5.74, 6) is -0.640. The average Bonchev–Trinajstić information content (AvgIpc) is 2.17. The Bertz CT molecular complexity index is 380. The van der Waals surface area contributed by atoms with Gasteiger partial charge >= 0.3 is 12.0 Å². The summed E-state index contributed by atoms with van der Waals surface area (Å²) in [6, 6.07) is 3.75. The first-order valence-electron chi connectivity index (χ1n) is 4.74. The lowest BCUT2D eigenvalue weighted by molar-refractivity contribution is -0.137. The minimum atomic E-state index is -0.991. The van der Waals surface area contributed by atoms with Gasteiger partial charge in [0.1, 0.15) is 5.82 Å². The van der Waals surface area contributed by atoms with E-state index in [0.29, 0.717) is 5.82 Å². The topological polar surface area (TPSA) is 96.5 Å². The Morgan fingerprint density at radius 1 is 1.56 bits per heavy atom. The molecule has 0 saturated carbocycles. The molecule has 0 bridgehead atoms. The van der Waals surface area contributed by atoms with Gasteiger partial charge in [-0.2, -0.15) is 0 Å². The zero-order valence-electron chi connectivity index (χ0n) is 8.83. The van der Waals surface area contributed by atoms with Crippen LogP contribution < -0.4 is 10.6 Å². The second-order valence-corrected chi connectivity index (χ2v) is 3.34. The number of carbonyl (C=O) groups is 2. The van der Waals surface area contributed by atoms with Gasteiger partial charge < -0.3 is 10.8 Å². The number of carbonyl (C=O) groups excluding carboxylic acids is 1. The van der Waals surface area contributed by atoms with Crippen LogP contribution in [0, 0.1) is 0 Å². The lowest BCUT2D eigenvalue weighted by Crippen LogP contribution is -2.43. The molecule has 1 unspecified atom stereocenters.